The number of hydrogen-bond acceptors (Lipinski definition) is 9. The second-order valence-electron chi connectivity index (χ2n) is 12.2. The molecule has 0 amide bonds. The van der Waals surface area contributed by atoms with Crippen LogP contribution in [0.25, 0.3) is 16.6 Å². The molecule has 1 saturated carbocycles. The zero-order chi connectivity index (χ0) is 31.2. The van der Waals surface area contributed by atoms with E-state index in [0.717, 1.165) is 16.8 Å². The quantitative estimate of drug-likeness (QED) is 0.203. The van der Waals surface area contributed by atoms with Crippen LogP contribution in [0.1, 0.15) is 62.0 Å². The highest BCUT2D eigenvalue weighted by Gasteiger charge is 2.54. The van der Waals surface area contributed by atoms with Crippen LogP contribution in [0.2, 0.25) is 5.02 Å². The van der Waals surface area contributed by atoms with Gasteiger partial charge in [0.2, 0.25) is 0 Å². The van der Waals surface area contributed by atoms with Gasteiger partial charge in [-0.05, 0) is 64.9 Å². The molecule has 3 heterocycles. The normalized spacial score (nSPS) is 14.9. The highest BCUT2D eigenvalue weighted by molar-refractivity contribution is 6.35. The van der Waals surface area contributed by atoms with Gasteiger partial charge in [-0.25, -0.2) is 18.1 Å². The van der Waals surface area contributed by atoms with E-state index in [2.05, 4.69) is 68.3 Å². The maximum Gasteiger partial charge on any atom is 0.263 e. The molecule has 0 spiro atoms. The SMILES string of the molecule is Cc1c([C@H](Nc2cc(Cl)c3ncc(C#N)c(NCC(C)(C)C)c3c2)c2cn(C3(C(F)F)CC3)nn2)cccc1-n1cnnn1. The third-order valence-corrected chi connectivity index (χ3v) is 8.13. The van der Waals surface area contributed by atoms with Gasteiger partial charge in [0.05, 0.1) is 39.7 Å². The van der Waals surface area contributed by atoms with E-state index in [1.54, 1.807) is 16.9 Å². The van der Waals surface area contributed by atoms with Gasteiger partial charge < -0.3 is 10.6 Å². The van der Waals surface area contributed by atoms with Gasteiger partial charge in [-0.2, -0.15) is 5.26 Å². The number of halogens is 3. The molecule has 3 aromatic heterocycles. The van der Waals surface area contributed by atoms with E-state index in [1.807, 2.05) is 31.2 Å². The number of alkyl halides is 2. The Balaban J connectivity index is 1.48. The lowest BCUT2D eigenvalue weighted by atomic mass is 9.96. The van der Waals surface area contributed by atoms with E-state index in [-0.39, 0.29) is 5.41 Å². The van der Waals surface area contributed by atoms with Crippen molar-refractivity contribution in [3.8, 4) is 11.8 Å². The zero-order valence-corrected chi connectivity index (χ0v) is 25.3. The third kappa shape index (κ3) is 5.41. The van der Waals surface area contributed by atoms with Crippen molar-refractivity contribution in [1.82, 2.24) is 40.2 Å². The molecule has 2 N–H and O–H groups in total. The minimum absolute atomic E-state index is 0.0573. The lowest BCUT2D eigenvalue weighted by Crippen LogP contribution is -2.26. The van der Waals surface area contributed by atoms with Crippen molar-refractivity contribution in [2.45, 2.75) is 58.5 Å². The smallest absolute Gasteiger partial charge is 0.263 e. The Labute approximate surface area is 257 Å². The summed E-state index contributed by atoms with van der Waals surface area (Å²) in [7, 11) is 0. The summed E-state index contributed by atoms with van der Waals surface area (Å²) in [5, 5.41) is 37.9. The van der Waals surface area contributed by atoms with E-state index < -0.39 is 18.0 Å². The summed E-state index contributed by atoms with van der Waals surface area (Å²) in [6.07, 6.45) is 2.69. The van der Waals surface area contributed by atoms with Crippen LogP contribution < -0.4 is 10.6 Å². The number of hydrogen-bond donors (Lipinski definition) is 2. The van der Waals surface area contributed by atoms with Crippen molar-refractivity contribution in [2.24, 2.45) is 5.41 Å². The largest absolute Gasteiger partial charge is 0.383 e. The molecule has 6 rings (SSSR count). The summed E-state index contributed by atoms with van der Waals surface area (Å²) < 4.78 is 30.8. The van der Waals surface area contributed by atoms with Gasteiger partial charge in [0.15, 0.2) is 0 Å². The third-order valence-electron chi connectivity index (χ3n) is 7.84. The van der Waals surface area contributed by atoms with E-state index in [1.165, 1.54) is 17.2 Å². The molecule has 44 heavy (non-hydrogen) atoms. The van der Waals surface area contributed by atoms with Crippen LogP contribution >= 0.6 is 11.6 Å². The molecule has 0 aliphatic heterocycles. The van der Waals surface area contributed by atoms with E-state index in [4.69, 9.17) is 11.6 Å². The van der Waals surface area contributed by atoms with Gasteiger partial charge in [0.1, 0.15) is 23.6 Å². The number of pyridine rings is 1. The second-order valence-corrected chi connectivity index (χ2v) is 12.6. The van der Waals surface area contributed by atoms with Crippen LogP contribution in [-0.2, 0) is 5.54 Å². The van der Waals surface area contributed by atoms with E-state index in [9.17, 15) is 14.0 Å². The molecule has 1 atom stereocenters. The Morgan fingerprint density at radius 3 is 2.64 bits per heavy atom. The topological polar surface area (TPSA) is 135 Å². The molecule has 0 bridgehead atoms. The summed E-state index contributed by atoms with van der Waals surface area (Å²) in [6.45, 7) is 8.82. The predicted molar refractivity (Wildman–Crippen MR) is 162 cm³/mol. The molecule has 11 nitrogen and oxygen atoms in total. The first-order chi connectivity index (χ1) is 21.0. The fraction of sp³-hybridized carbons (Fsp3) is 0.367. The first kappa shape index (κ1) is 29.4. The number of anilines is 2. The Kier molecular flexibility index (Phi) is 7.41. The predicted octanol–water partition coefficient (Wildman–Crippen LogP) is 6.05. The van der Waals surface area contributed by atoms with Crippen molar-refractivity contribution in [1.29, 1.82) is 5.26 Å². The fourth-order valence-electron chi connectivity index (χ4n) is 5.22. The number of nitriles is 1. The number of benzene rings is 2. The molecular weight excluding hydrogens is 588 g/mol. The highest BCUT2D eigenvalue weighted by Crippen LogP contribution is 2.48. The molecular formula is C30H30ClF2N11. The molecule has 2 aromatic carbocycles. The Morgan fingerprint density at radius 1 is 1.18 bits per heavy atom. The van der Waals surface area contributed by atoms with Gasteiger partial charge in [0, 0.05) is 23.8 Å². The molecule has 1 aliphatic rings. The number of rotatable bonds is 9. The van der Waals surface area contributed by atoms with Crippen molar-refractivity contribution in [3.05, 3.63) is 76.5 Å². The highest BCUT2D eigenvalue weighted by atomic mass is 35.5. The van der Waals surface area contributed by atoms with Crippen LogP contribution in [0, 0.1) is 23.7 Å². The monoisotopic (exact) mass is 617 g/mol. The maximum atomic E-state index is 14.0. The summed E-state index contributed by atoms with van der Waals surface area (Å²) in [5.74, 6) is 0. The van der Waals surface area contributed by atoms with Crippen LogP contribution in [-0.4, -0.2) is 53.2 Å². The van der Waals surface area contributed by atoms with Crippen molar-refractivity contribution in [2.75, 3.05) is 17.2 Å². The van der Waals surface area contributed by atoms with Gasteiger partial charge in [-0.3, -0.25) is 4.98 Å². The molecule has 5 aromatic rings. The Bertz CT molecular complexity index is 1870. The Morgan fingerprint density at radius 2 is 1.98 bits per heavy atom. The second kappa shape index (κ2) is 11.1. The molecule has 226 valence electrons. The molecule has 14 heteroatoms. The molecule has 1 fully saturated rings. The maximum absolute atomic E-state index is 14.0. The minimum atomic E-state index is -2.56. The van der Waals surface area contributed by atoms with Crippen molar-refractivity contribution >= 4 is 33.9 Å². The lowest BCUT2D eigenvalue weighted by molar-refractivity contribution is 0.0593. The van der Waals surface area contributed by atoms with Crippen molar-refractivity contribution < 1.29 is 8.78 Å². The molecule has 1 aliphatic carbocycles. The zero-order valence-electron chi connectivity index (χ0n) is 24.6. The van der Waals surface area contributed by atoms with Crippen LogP contribution in [0.5, 0.6) is 0 Å². The molecule has 0 saturated heterocycles. The summed E-state index contributed by atoms with van der Waals surface area (Å²) >= 11 is 6.77. The summed E-state index contributed by atoms with van der Waals surface area (Å²) in [5.41, 5.74) is 3.61. The van der Waals surface area contributed by atoms with E-state index in [0.29, 0.717) is 57.9 Å². The van der Waals surface area contributed by atoms with Crippen LogP contribution in [0.4, 0.5) is 20.2 Å². The Hall–Kier alpha value is -4.70. The molecule has 0 unspecified atom stereocenters. The first-order valence-electron chi connectivity index (χ1n) is 14.1. The van der Waals surface area contributed by atoms with Gasteiger partial charge in [-0.1, -0.05) is 49.7 Å². The molecule has 0 radical (unpaired) electrons. The minimum Gasteiger partial charge on any atom is -0.383 e. The van der Waals surface area contributed by atoms with Gasteiger partial charge in [-0.15, -0.1) is 10.2 Å². The summed E-state index contributed by atoms with van der Waals surface area (Å²) in [6, 6.07) is 10.9. The average molecular weight is 618 g/mol. The summed E-state index contributed by atoms with van der Waals surface area (Å²) in [4.78, 5) is 4.46. The number of nitrogens with zero attached hydrogens (tertiary/aromatic N) is 9. The number of fused-ring (bicyclic) bond motifs is 1. The van der Waals surface area contributed by atoms with Crippen LogP contribution in [0.15, 0.2) is 49.1 Å². The van der Waals surface area contributed by atoms with Gasteiger partial charge >= 0.3 is 0 Å². The van der Waals surface area contributed by atoms with Crippen LogP contribution in [0.3, 0.4) is 0 Å². The fourth-order valence-corrected chi connectivity index (χ4v) is 5.49. The lowest BCUT2D eigenvalue weighted by Gasteiger charge is -2.23. The number of tetrazole rings is 1. The standard InChI is InChI=1S/C30H30ClF2N11/c1-17-20(6-5-7-24(17)43-16-37-40-42-43)27(23-14-44(41-39-23)30(8-9-30)28(32)33)38-19-10-21-25(36-15-29(2,3)4)18(12-34)13-35-26(21)22(31)11-19/h5-7,10-11,13-14,16,27-28,38H,8-9,15H2,1-4H3,(H,35,36)/t27-/m0/s1. The first-order valence-corrected chi connectivity index (χ1v) is 14.4. The number of aromatic nitrogens is 8. The average Bonchev–Trinajstić information content (AvgIpc) is 3.36. The van der Waals surface area contributed by atoms with Crippen molar-refractivity contribution in [3.63, 3.8) is 0 Å². The van der Waals surface area contributed by atoms with Gasteiger partial charge in [0.25, 0.3) is 6.43 Å². The number of nitrogens with one attached hydrogen (secondary N) is 2. The van der Waals surface area contributed by atoms with E-state index >= 15 is 0 Å².